The van der Waals surface area contributed by atoms with Crippen molar-refractivity contribution in [3.8, 4) is 5.75 Å². The van der Waals surface area contributed by atoms with Gasteiger partial charge in [0.05, 0.1) is 70.5 Å². The summed E-state index contributed by atoms with van der Waals surface area (Å²) >= 11 is 0. The van der Waals surface area contributed by atoms with E-state index in [-0.39, 0.29) is 63.7 Å². The van der Waals surface area contributed by atoms with Crippen molar-refractivity contribution in [1.29, 1.82) is 0 Å². The highest BCUT2D eigenvalue weighted by molar-refractivity contribution is 6.21. The van der Waals surface area contributed by atoms with Crippen molar-refractivity contribution in [3.05, 3.63) is 101 Å². The second-order valence-electron chi connectivity index (χ2n) is 13.8. The topological polar surface area (TPSA) is 165 Å². The van der Waals surface area contributed by atoms with Crippen molar-refractivity contribution in [3.63, 3.8) is 0 Å². The van der Waals surface area contributed by atoms with Crippen LogP contribution in [0.4, 0.5) is 0 Å². The molecule has 1 aliphatic heterocycles. The minimum absolute atomic E-state index is 0.0439. The molecule has 0 saturated carbocycles. The molecule has 56 heavy (non-hydrogen) atoms. The highest BCUT2D eigenvalue weighted by Gasteiger charge is 2.34. The molecule has 0 saturated heterocycles. The lowest BCUT2D eigenvalue weighted by atomic mass is 10.0. The van der Waals surface area contributed by atoms with Crippen LogP contribution in [0.25, 0.3) is 0 Å². The van der Waals surface area contributed by atoms with Gasteiger partial charge >= 0.3 is 11.9 Å². The second-order valence-corrected chi connectivity index (χ2v) is 13.8. The van der Waals surface area contributed by atoms with E-state index in [9.17, 15) is 24.0 Å². The number of ether oxygens (including phenoxy) is 7. The summed E-state index contributed by atoms with van der Waals surface area (Å²) < 4.78 is 38.4. The number of nitrogens with zero attached hydrogens (tertiary/aromatic N) is 1. The number of benzene rings is 3. The highest BCUT2D eigenvalue weighted by atomic mass is 16.6. The van der Waals surface area contributed by atoms with Crippen molar-refractivity contribution in [1.82, 2.24) is 10.2 Å². The van der Waals surface area contributed by atoms with Gasteiger partial charge in [-0.3, -0.25) is 19.3 Å². The van der Waals surface area contributed by atoms with Crippen LogP contribution in [0.15, 0.2) is 78.9 Å². The summed E-state index contributed by atoms with van der Waals surface area (Å²) in [6, 6.07) is 22.3. The van der Waals surface area contributed by atoms with E-state index in [1.54, 1.807) is 57.2 Å². The molecule has 4 rings (SSSR count). The van der Waals surface area contributed by atoms with Gasteiger partial charge < -0.3 is 38.5 Å². The minimum atomic E-state index is -0.876. The number of imide groups is 1. The molecular weight excluding hydrogens is 724 g/mol. The summed E-state index contributed by atoms with van der Waals surface area (Å²) in [5.74, 6) is -1.46. The molecular formula is C42H52N2O12. The lowest BCUT2D eigenvalue weighted by Gasteiger charge is -2.19. The van der Waals surface area contributed by atoms with Crippen LogP contribution in [0.5, 0.6) is 5.75 Å². The molecule has 1 heterocycles. The van der Waals surface area contributed by atoms with Gasteiger partial charge in [0.1, 0.15) is 24.0 Å². The third-order valence-corrected chi connectivity index (χ3v) is 8.19. The van der Waals surface area contributed by atoms with Crippen molar-refractivity contribution in [2.24, 2.45) is 0 Å². The van der Waals surface area contributed by atoms with E-state index in [1.807, 2.05) is 42.5 Å². The SMILES string of the molecule is CC(C)(C)OC(=O)COc1ccc(CC[C@H](NC(=O)CCOCCOCCOCCOCCN2C(=O)c3ccccc3C2=O)C(=O)OCc2ccccc2)cc1. The van der Waals surface area contributed by atoms with Crippen LogP contribution in [0.3, 0.4) is 0 Å². The van der Waals surface area contributed by atoms with Crippen molar-refractivity contribution in [2.45, 2.75) is 58.3 Å². The lowest BCUT2D eigenvalue weighted by Crippen LogP contribution is -2.42. The average Bonchev–Trinajstić information content (AvgIpc) is 3.42. The van der Waals surface area contributed by atoms with Gasteiger partial charge in [0.25, 0.3) is 11.8 Å². The van der Waals surface area contributed by atoms with Gasteiger partial charge in [-0.05, 0) is 69.0 Å². The Morgan fingerprint density at radius 2 is 1.23 bits per heavy atom. The summed E-state index contributed by atoms with van der Waals surface area (Å²) in [4.78, 5) is 63.8. The third kappa shape index (κ3) is 15.5. The summed E-state index contributed by atoms with van der Waals surface area (Å²) in [5, 5.41) is 2.79. The molecule has 0 fully saturated rings. The molecule has 3 amide bonds. The van der Waals surface area contributed by atoms with Gasteiger partial charge in [-0.2, -0.15) is 0 Å². The van der Waals surface area contributed by atoms with Gasteiger partial charge in [0, 0.05) is 6.42 Å². The maximum absolute atomic E-state index is 13.1. The standard InChI is InChI=1S/C42H52N2O12/c1-42(2,3)56-38(46)30-54-33-16-13-31(14-17-33)15-18-36(41(49)55-29-32-9-5-4-6-10-32)43-37(45)19-21-50-23-25-52-27-28-53-26-24-51-22-20-44-39(47)34-11-7-8-12-35(34)40(44)48/h4-14,16-17,36H,15,18-30H2,1-3H3,(H,43,45)/t36-/m0/s1. The van der Waals surface area contributed by atoms with Crippen molar-refractivity contribution >= 4 is 29.7 Å². The van der Waals surface area contributed by atoms with Gasteiger partial charge in [0.2, 0.25) is 5.91 Å². The van der Waals surface area contributed by atoms with Gasteiger partial charge in [-0.1, -0.05) is 54.6 Å². The van der Waals surface area contributed by atoms with Crippen LogP contribution >= 0.6 is 0 Å². The van der Waals surface area contributed by atoms with E-state index >= 15 is 0 Å². The summed E-state index contributed by atoms with van der Waals surface area (Å²) in [7, 11) is 0. The number of amides is 3. The Morgan fingerprint density at radius 1 is 0.679 bits per heavy atom. The maximum Gasteiger partial charge on any atom is 0.344 e. The number of carbonyl (C=O) groups is 5. The van der Waals surface area contributed by atoms with E-state index in [1.165, 1.54) is 4.90 Å². The molecule has 0 aromatic heterocycles. The van der Waals surface area contributed by atoms with Crippen LogP contribution in [-0.4, -0.2) is 112 Å². The number of carbonyl (C=O) groups excluding carboxylic acids is 5. The Balaban J connectivity index is 1.06. The molecule has 1 N–H and O–H groups in total. The molecule has 0 bridgehead atoms. The van der Waals surface area contributed by atoms with Crippen LogP contribution in [0.1, 0.15) is 65.5 Å². The minimum Gasteiger partial charge on any atom is -0.482 e. The first-order valence-electron chi connectivity index (χ1n) is 18.7. The highest BCUT2D eigenvalue weighted by Crippen LogP contribution is 2.22. The molecule has 14 heteroatoms. The van der Waals surface area contributed by atoms with E-state index in [2.05, 4.69) is 5.32 Å². The molecule has 302 valence electrons. The summed E-state index contributed by atoms with van der Waals surface area (Å²) in [6.45, 7) is 7.66. The van der Waals surface area contributed by atoms with E-state index in [4.69, 9.17) is 33.2 Å². The molecule has 0 radical (unpaired) electrons. The van der Waals surface area contributed by atoms with Gasteiger partial charge in [-0.25, -0.2) is 9.59 Å². The predicted octanol–water partition coefficient (Wildman–Crippen LogP) is 4.32. The van der Waals surface area contributed by atoms with E-state index in [0.717, 1.165) is 11.1 Å². The number of hydrogen-bond donors (Lipinski definition) is 1. The fourth-order valence-electron chi connectivity index (χ4n) is 5.45. The molecule has 0 aliphatic carbocycles. The molecule has 3 aromatic carbocycles. The molecule has 0 unspecified atom stereocenters. The van der Waals surface area contributed by atoms with E-state index in [0.29, 0.717) is 62.8 Å². The van der Waals surface area contributed by atoms with Crippen LogP contribution in [0.2, 0.25) is 0 Å². The second kappa shape index (κ2) is 23.0. The van der Waals surface area contributed by atoms with Crippen LogP contribution in [0, 0.1) is 0 Å². The molecule has 1 atom stereocenters. The zero-order valence-corrected chi connectivity index (χ0v) is 32.3. The van der Waals surface area contributed by atoms with Gasteiger partial charge in [-0.15, -0.1) is 0 Å². The Labute approximate surface area is 327 Å². The molecule has 0 spiro atoms. The number of fused-ring (bicyclic) bond motifs is 1. The monoisotopic (exact) mass is 776 g/mol. The van der Waals surface area contributed by atoms with Gasteiger partial charge in [0.15, 0.2) is 6.61 Å². The van der Waals surface area contributed by atoms with Crippen LogP contribution in [-0.2, 0) is 55.8 Å². The Hall–Kier alpha value is -5.15. The average molecular weight is 777 g/mol. The summed E-state index contributed by atoms with van der Waals surface area (Å²) in [5.41, 5.74) is 1.97. The van der Waals surface area contributed by atoms with E-state index < -0.39 is 23.6 Å². The fourth-order valence-corrected chi connectivity index (χ4v) is 5.45. The lowest BCUT2D eigenvalue weighted by molar-refractivity contribution is -0.157. The van der Waals surface area contributed by atoms with Crippen molar-refractivity contribution in [2.75, 3.05) is 66.0 Å². The third-order valence-electron chi connectivity index (χ3n) is 8.19. The number of hydrogen-bond acceptors (Lipinski definition) is 12. The quantitative estimate of drug-likeness (QED) is 0.0738. The molecule has 1 aliphatic rings. The smallest absolute Gasteiger partial charge is 0.344 e. The summed E-state index contributed by atoms with van der Waals surface area (Å²) in [6.07, 6.45) is 0.819. The number of aryl methyl sites for hydroxylation is 1. The first-order valence-corrected chi connectivity index (χ1v) is 18.7. The maximum atomic E-state index is 13.1. The fraction of sp³-hybridized carbons (Fsp3) is 0.452. The Kier molecular flexibility index (Phi) is 17.9. The Bertz CT molecular complexity index is 1670. The number of rotatable bonds is 25. The largest absolute Gasteiger partial charge is 0.482 e. The predicted molar refractivity (Wildman–Crippen MR) is 204 cm³/mol. The zero-order valence-electron chi connectivity index (χ0n) is 32.3. The van der Waals surface area contributed by atoms with Crippen molar-refractivity contribution < 1.29 is 57.1 Å². The molecule has 3 aromatic rings. The molecule has 14 nitrogen and oxygen atoms in total. The van der Waals surface area contributed by atoms with Crippen LogP contribution < -0.4 is 10.1 Å². The number of nitrogens with one attached hydrogen (secondary N) is 1. The first-order chi connectivity index (χ1) is 27.0. The zero-order chi connectivity index (χ0) is 40.2. The first kappa shape index (κ1) is 43.6. The normalized spacial score (nSPS) is 12.9. The Morgan fingerprint density at radius 3 is 1.82 bits per heavy atom. The number of esters is 2.